The van der Waals surface area contributed by atoms with Gasteiger partial charge in [-0.15, -0.1) is 0 Å². The Labute approximate surface area is 189 Å². The normalized spacial score (nSPS) is 10.9. The lowest BCUT2D eigenvalue weighted by Gasteiger charge is -2.14. The quantitative estimate of drug-likeness (QED) is 0.481. The van der Waals surface area contributed by atoms with E-state index >= 15 is 0 Å². The van der Waals surface area contributed by atoms with Crippen LogP contribution in [0.5, 0.6) is 11.5 Å². The largest absolute Gasteiger partial charge is 0.495 e. The van der Waals surface area contributed by atoms with E-state index in [9.17, 15) is 13.2 Å². The van der Waals surface area contributed by atoms with Crippen molar-refractivity contribution in [1.82, 2.24) is 0 Å². The molecule has 31 heavy (non-hydrogen) atoms. The number of para-hydroxylation sites is 2. The number of carbonyl (C=O) groups excluding carboxylic acids is 1. The van der Waals surface area contributed by atoms with E-state index < -0.39 is 15.9 Å². The van der Waals surface area contributed by atoms with Crippen molar-refractivity contribution in [3.8, 4) is 11.5 Å². The highest BCUT2D eigenvalue weighted by Gasteiger charge is 2.22. The van der Waals surface area contributed by atoms with Crippen LogP contribution in [-0.4, -0.2) is 28.0 Å². The summed E-state index contributed by atoms with van der Waals surface area (Å²) in [6, 6.07) is 17.4. The van der Waals surface area contributed by atoms with Crippen molar-refractivity contribution in [3.05, 3.63) is 76.8 Å². The van der Waals surface area contributed by atoms with Crippen LogP contribution in [0.1, 0.15) is 0 Å². The van der Waals surface area contributed by atoms with E-state index in [-0.39, 0.29) is 33.6 Å². The monoisotopic (exact) mass is 480 g/mol. The summed E-state index contributed by atoms with van der Waals surface area (Å²) < 4.78 is 38.8. The Bertz CT molecular complexity index is 1200. The van der Waals surface area contributed by atoms with Crippen LogP contribution >= 0.6 is 23.2 Å². The molecule has 2 N–H and O–H groups in total. The molecule has 0 bridgehead atoms. The average molecular weight is 481 g/mol. The highest BCUT2D eigenvalue weighted by molar-refractivity contribution is 7.92. The van der Waals surface area contributed by atoms with Gasteiger partial charge in [-0.25, -0.2) is 8.42 Å². The van der Waals surface area contributed by atoms with Gasteiger partial charge < -0.3 is 14.8 Å². The fourth-order valence-corrected chi connectivity index (χ4v) is 4.32. The van der Waals surface area contributed by atoms with Crippen molar-refractivity contribution in [2.45, 2.75) is 4.90 Å². The lowest BCUT2D eigenvalue weighted by molar-refractivity contribution is -0.118. The molecular weight excluding hydrogens is 463 g/mol. The number of hydrogen-bond donors (Lipinski definition) is 2. The topological polar surface area (TPSA) is 93.7 Å². The van der Waals surface area contributed by atoms with Gasteiger partial charge in [0, 0.05) is 5.69 Å². The van der Waals surface area contributed by atoms with Crippen molar-refractivity contribution >= 4 is 50.5 Å². The molecule has 0 fully saturated rings. The Kier molecular flexibility index (Phi) is 7.27. The summed E-state index contributed by atoms with van der Waals surface area (Å²) in [5, 5.41) is 3.21. The molecule has 3 aromatic carbocycles. The summed E-state index contributed by atoms with van der Waals surface area (Å²) in [6.07, 6.45) is 0. The number of halogens is 2. The number of amides is 1. The second-order valence-electron chi connectivity index (χ2n) is 6.22. The molecule has 3 aromatic rings. The second-order valence-corrected chi connectivity index (χ2v) is 8.68. The molecule has 0 unspecified atom stereocenters. The molecule has 0 aliphatic rings. The third kappa shape index (κ3) is 5.81. The molecule has 7 nitrogen and oxygen atoms in total. The smallest absolute Gasteiger partial charge is 0.265 e. The van der Waals surface area contributed by atoms with E-state index in [1.807, 2.05) is 0 Å². The molecule has 0 saturated carbocycles. The number of rotatable bonds is 8. The third-order valence-electron chi connectivity index (χ3n) is 4.05. The fraction of sp³-hybridized carbons (Fsp3) is 0.0952. The van der Waals surface area contributed by atoms with Gasteiger partial charge in [0.2, 0.25) is 0 Å². The first-order chi connectivity index (χ1) is 14.8. The van der Waals surface area contributed by atoms with Gasteiger partial charge in [0.25, 0.3) is 15.9 Å². The Morgan fingerprint density at radius 3 is 2.29 bits per heavy atom. The molecule has 0 saturated heterocycles. The van der Waals surface area contributed by atoms with E-state index in [2.05, 4.69) is 10.0 Å². The highest BCUT2D eigenvalue weighted by atomic mass is 35.5. The van der Waals surface area contributed by atoms with Crippen LogP contribution in [0.4, 0.5) is 11.4 Å². The highest BCUT2D eigenvalue weighted by Crippen LogP contribution is 2.31. The van der Waals surface area contributed by atoms with Gasteiger partial charge in [0.1, 0.15) is 16.4 Å². The first-order valence-electron chi connectivity index (χ1n) is 8.93. The van der Waals surface area contributed by atoms with Gasteiger partial charge in [-0.3, -0.25) is 9.52 Å². The molecule has 0 aliphatic heterocycles. The minimum atomic E-state index is -4.06. The van der Waals surface area contributed by atoms with Crippen LogP contribution in [0.3, 0.4) is 0 Å². The van der Waals surface area contributed by atoms with Crippen LogP contribution in [-0.2, 0) is 14.8 Å². The zero-order valence-corrected chi connectivity index (χ0v) is 18.6. The first-order valence-corrected chi connectivity index (χ1v) is 11.2. The fourth-order valence-electron chi connectivity index (χ4n) is 2.61. The molecule has 0 atom stereocenters. The molecule has 0 aromatic heterocycles. The van der Waals surface area contributed by atoms with Crippen molar-refractivity contribution in [1.29, 1.82) is 0 Å². The maximum Gasteiger partial charge on any atom is 0.265 e. The Morgan fingerprint density at radius 2 is 1.61 bits per heavy atom. The van der Waals surface area contributed by atoms with Crippen LogP contribution in [0, 0.1) is 0 Å². The number of nitrogens with one attached hydrogen (secondary N) is 2. The van der Waals surface area contributed by atoms with Crippen LogP contribution < -0.4 is 19.5 Å². The van der Waals surface area contributed by atoms with Gasteiger partial charge in [-0.1, -0.05) is 47.5 Å². The molecular formula is C21H18Cl2N2O5S. The maximum absolute atomic E-state index is 12.9. The maximum atomic E-state index is 12.9. The third-order valence-corrected chi connectivity index (χ3v) is 6.08. The second kappa shape index (κ2) is 9.91. The van der Waals surface area contributed by atoms with Crippen LogP contribution in [0.25, 0.3) is 0 Å². The zero-order valence-electron chi connectivity index (χ0n) is 16.3. The number of benzene rings is 3. The Balaban J connectivity index is 1.77. The molecule has 0 radical (unpaired) electrons. The first kappa shape index (κ1) is 22.7. The standard InChI is InChI=1S/C21H18Cl2N2O5S/c1-29-19-11-10-14(24-21(26)13-30-18-9-5-3-7-16(18)23)12-20(19)31(27,28)25-17-8-4-2-6-15(17)22/h2-12,25H,13H2,1H3,(H,24,26). The van der Waals surface area contributed by atoms with Crippen LogP contribution in [0.2, 0.25) is 10.0 Å². The van der Waals surface area contributed by atoms with Crippen molar-refractivity contribution < 1.29 is 22.7 Å². The average Bonchev–Trinajstić information content (AvgIpc) is 2.74. The van der Waals surface area contributed by atoms with Crippen molar-refractivity contribution in [2.24, 2.45) is 0 Å². The Morgan fingerprint density at radius 1 is 0.935 bits per heavy atom. The van der Waals surface area contributed by atoms with Gasteiger partial charge in [-0.2, -0.15) is 0 Å². The summed E-state index contributed by atoms with van der Waals surface area (Å²) in [7, 11) is -2.71. The lowest BCUT2D eigenvalue weighted by Crippen LogP contribution is -2.21. The van der Waals surface area contributed by atoms with E-state index in [4.69, 9.17) is 32.7 Å². The number of methoxy groups -OCH3 is 1. The van der Waals surface area contributed by atoms with E-state index in [1.165, 1.54) is 31.4 Å². The van der Waals surface area contributed by atoms with Gasteiger partial charge >= 0.3 is 0 Å². The summed E-state index contributed by atoms with van der Waals surface area (Å²) in [5.74, 6) is -0.0291. The van der Waals surface area contributed by atoms with Gasteiger partial charge in [0.05, 0.1) is 22.8 Å². The molecule has 0 heterocycles. The minimum absolute atomic E-state index is 0.102. The Hall–Kier alpha value is -2.94. The number of anilines is 2. The molecule has 0 aliphatic carbocycles. The molecule has 10 heteroatoms. The van der Waals surface area contributed by atoms with Gasteiger partial charge in [0.15, 0.2) is 6.61 Å². The zero-order chi connectivity index (χ0) is 22.4. The van der Waals surface area contributed by atoms with E-state index in [0.717, 1.165) is 0 Å². The summed E-state index contributed by atoms with van der Waals surface area (Å²) in [4.78, 5) is 12.1. The number of carbonyl (C=O) groups is 1. The lowest BCUT2D eigenvalue weighted by atomic mass is 10.3. The summed E-state index contributed by atoms with van der Waals surface area (Å²) >= 11 is 12.0. The summed E-state index contributed by atoms with van der Waals surface area (Å²) in [5.41, 5.74) is 0.460. The number of ether oxygens (including phenoxy) is 2. The molecule has 3 rings (SSSR count). The van der Waals surface area contributed by atoms with Crippen LogP contribution in [0.15, 0.2) is 71.6 Å². The van der Waals surface area contributed by atoms with Crippen molar-refractivity contribution in [3.63, 3.8) is 0 Å². The summed E-state index contributed by atoms with van der Waals surface area (Å²) in [6.45, 7) is -0.310. The molecule has 1 amide bonds. The molecule has 162 valence electrons. The van der Waals surface area contributed by atoms with E-state index in [0.29, 0.717) is 10.8 Å². The molecule has 0 spiro atoms. The predicted octanol–water partition coefficient (Wildman–Crippen LogP) is 4.82. The number of sulfonamides is 1. The van der Waals surface area contributed by atoms with E-state index in [1.54, 1.807) is 42.5 Å². The van der Waals surface area contributed by atoms with Gasteiger partial charge in [-0.05, 0) is 42.5 Å². The SMILES string of the molecule is COc1ccc(NC(=O)COc2ccccc2Cl)cc1S(=O)(=O)Nc1ccccc1Cl. The predicted molar refractivity (Wildman–Crippen MR) is 121 cm³/mol. The number of hydrogen-bond acceptors (Lipinski definition) is 5. The van der Waals surface area contributed by atoms with Crippen molar-refractivity contribution in [2.75, 3.05) is 23.8 Å². The minimum Gasteiger partial charge on any atom is -0.495 e.